The summed E-state index contributed by atoms with van der Waals surface area (Å²) in [4.78, 5) is 12.5. The Bertz CT molecular complexity index is 872. The molecule has 1 amide bonds. The van der Waals surface area contributed by atoms with E-state index < -0.39 is 0 Å². The second-order valence-electron chi connectivity index (χ2n) is 5.39. The number of nitrogens with two attached hydrogens (primary N) is 1. The van der Waals surface area contributed by atoms with Crippen LogP contribution in [0.3, 0.4) is 0 Å². The first-order chi connectivity index (χ1) is 12.1. The maximum atomic E-state index is 12.5. The number of anilines is 2. The van der Waals surface area contributed by atoms with Gasteiger partial charge >= 0.3 is 0 Å². The normalized spacial score (nSPS) is 10.3. The highest BCUT2D eigenvalue weighted by Gasteiger charge is 2.13. The third kappa shape index (κ3) is 3.42. The minimum absolute atomic E-state index is 0.252. The first-order valence-corrected chi connectivity index (χ1v) is 7.68. The Balaban J connectivity index is 1.80. The molecule has 1 heterocycles. The molecule has 1 aromatic heterocycles. The van der Waals surface area contributed by atoms with E-state index in [1.807, 2.05) is 41.2 Å². The molecule has 3 rings (SSSR count). The summed E-state index contributed by atoms with van der Waals surface area (Å²) < 4.78 is 12.4. The topological polar surface area (TPSA) is 78.5 Å². The van der Waals surface area contributed by atoms with Crippen LogP contribution in [0.5, 0.6) is 11.5 Å². The number of benzene rings is 2. The van der Waals surface area contributed by atoms with E-state index in [9.17, 15) is 4.79 Å². The fourth-order valence-electron chi connectivity index (χ4n) is 2.49. The van der Waals surface area contributed by atoms with Crippen LogP contribution in [0.15, 0.2) is 60.9 Å². The van der Waals surface area contributed by atoms with Gasteiger partial charge in [-0.05, 0) is 36.4 Å². The molecule has 0 aliphatic carbocycles. The molecule has 0 aliphatic heterocycles. The highest BCUT2D eigenvalue weighted by atomic mass is 16.5. The van der Waals surface area contributed by atoms with E-state index in [0.29, 0.717) is 28.4 Å². The SMILES string of the molecule is COc1cc(N)c(NC(=O)c2ccc(-n3cccc3)cc2)cc1OC. The van der Waals surface area contributed by atoms with Crippen molar-refractivity contribution in [2.24, 2.45) is 0 Å². The van der Waals surface area contributed by atoms with E-state index in [-0.39, 0.29) is 5.91 Å². The lowest BCUT2D eigenvalue weighted by Crippen LogP contribution is -2.13. The fourth-order valence-corrected chi connectivity index (χ4v) is 2.49. The van der Waals surface area contributed by atoms with Gasteiger partial charge < -0.3 is 25.1 Å². The van der Waals surface area contributed by atoms with E-state index in [1.165, 1.54) is 14.2 Å². The highest BCUT2D eigenvalue weighted by molar-refractivity contribution is 6.06. The second-order valence-corrected chi connectivity index (χ2v) is 5.39. The standard InChI is InChI=1S/C19H19N3O3/c1-24-17-11-15(20)16(12-18(17)25-2)21-19(23)13-5-7-14(8-6-13)22-9-3-4-10-22/h3-12H,20H2,1-2H3,(H,21,23). The van der Waals surface area contributed by atoms with Crippen molar-refractivity contribution in [2.75, 3.05) is 25.3 Å². The van der Waals surface area contributed by atoms with Crippen molar-refractivity contribution in [3.63, 3.8) is 0 Å². The average molecular weight is 337 g/mol. The van der Waals surface area contributed by atoms with E-state index in [1.54, 1.807) is 24.3 Å². The number of nitrogens with zero attached hydrogens (tertiary/aromatic N) is 1. The Morgan fingerprint density at radius 1 is 1.00 bits per heavy atom. The minimum atomic E-state index is -0.252. The first-order valence-electron chi connectivity index (χ1n) is 7.68. The number of hydrogen-bond donors (Lipinski definition) is 2. The largest absolute Gasteiger partial charge is 0.493 e. The summed E-state index contributed by atoms with van der Waals surface area (Å²) >= 11 is 0. The summed E-state index contributed by atoms with van der Waals surface area (Å²) in [5, 5.41) is 2.80. The third-order valence-corrected chi connectivity index (χ3v) is 3.84. The van der Waals surface area contributed by atoms with Crippen LogP contribution in [0.4, 0.5) is 11.4 Å². The first kappa shape index (κ1) is 16.4. The van der Waals surface area contributed by atoms with Gasteiger partial charge in [-0.2, -0.15) is 0 Å². The number of ether oxygens (including phenoxy) is 2. The molecule has 0 spiro atoms. The second kappa shape index (κ2) is 7.00. The summed E-state index contributed by atoms with van der Waals surface area (Å²) in [6.45, 7) is 0. The van der Waals surface area contributed by atoms with Gasteiger partial charge in [-0.3, -0.25) is 4.79 Å². The van der Waals surface area contributed by atoms with E-state index in [0.717, 1.165) is 5.69 Å². The zero-order valence-electron chi connectivity index (χ0n) is 14.0. The molecular weight excluding hydrogens is 318 g/mol. The molecule has 0 saturated heterocycles. The number of nitrogen functional groups attached to an aromatic ring is 1. The number of carbonyl (C=O) groups excluding carboxylic acids is 1. The van der Waals surface area contributed by atoms with Crippen LogP contribution in [0.1, 0.15) is 10.4 Å². The van der Waals surface area contributed by atoms with Crippen molar-refractivity contribution in [1.82, 2.24) is 4.57 Å². The van der Waals surface area contributed by atoms with E-state index >= 15 is 0 Å². The molecule has 128 valence electrons. The minimum Gasteiger partial charge on any atom is -0.493 e. The van der Waals surface area contributed by atoms with Crippen molar-refractivity contribution in [2.45, 2.75) is 0 Å². The molecule has 25 heavy (non-hydrogen) atoms. The predicted octanol–water partition coefficient (Wildman–Crippen LogP) is 3.33. The molecule has 0 aliphatic rings. The lowest BCUT2D eigenvalue weighted by atomic mass is 10.1. The summed E-state index contributed by atoms with van der Waals surface area (Å²) in [6, 6.07) is 14.4. The molecule has 3 aromatic rings. The number of nitrogens with one attached hydrogen (secondary N) is 1. The molecule has 0 bridgehead atoms. The van der Waals surface area contributed by atoms with E-state index in [2.05, 4.69) is 5.32 Å². The monoisotopic (exact) mass is 337 g/mol. The van der Waals surface area contributed by atoms with Gasteiger partial charge in [0.05, 0.1) is 25.6 Å². The third-order valence-electron chi connectivity index (χ3n) is 3.84. The van der Waals surface area contributed by atoms with Crippen LogP contribution in [0.25, 0.3) is 5.69 Å². The van der Waals surface area contributed by atoms with Gasteiger partial charge in [0, 0.05) is 35.8 Å². The molecule has 0 fully saturated rings. The average Bonchev–Trinajstić information content (AvgIpc) is 3.17. The molecule has 2 aromatic carbocycles. The highest BCUT2D eigenvalue weighted by Crippen LogP contribution is 2.35. The summed E-state index contributed by atoms with van der Waals surface area (Å²) in [5.41, 5.74) is 8.36. The Labute approximate surface area is 145 Å². The number of amides is 1. The Kier molecular flexibility index (Phi) is 4.61. The Hall–Kier alpha value is -3.41. The van der Waals surface area contributed by atoms with Crippen molar-refractivity contribution in [3.05, 3.63) is 66.5 Å². The zero-order valence-corrected chi connectivity index (χ0v) is 14.0. The summed E-state index contributed by atoms with van der Waals surface area (Å²) in [6.07, 6.45) is 3.89. The smallest absolute Gasteiger partial charge is 0.255 e. The van der Waals surface area contributed by atoms with Gasteiger partial charge in [0.2, 0.25) is 0 Å². The number of carbonyl (C=O) groups is 1. The number of rotatable bonds is 5. The number of hydrogen-bond acceptors (Lipinski definition) is 4. The van der Waals surface area contributed by atoms with Crippen LogP contribution in [0.2, 0.25) is 0 Å². The Morgan fingerprint density at radius 3 is 2.20 bits per heavy atom. The van der Waals surface area contributed by atoms with E-state index in [4.69, 9.17) is 15.2 Å². The molecule has 0 saturated carbocycles. The van der Waals surface area contributed by atoms with Crippen LogP contribution in [-0.2, 0) is 0 Å². The van der Waals surface area contributed by atoms with Crippen LogP contribution >= 0.6 is 0 Å². The van der Waals surface area contributed by atoms with Gasteiger partial charge in [-0.25, -0.2) is 0 Å². The fraction of sp³-hybridized carbons (Fsp3) is 0.105. The maximum Gasteiger partial charge on any atom is 0.255 e. The quantitative estimate of drug-likeness (QED) is 0.700. The van der Waals surface area contributed by atoms with Crippen LogP contribution in [0, 0.1) is 0 Å². The lowest BCUT2D eigenvalue weighted by Gasteiger charge is -2.13. The molecule has 0 atom stereocenters. The molecule has 6 nitrogen and oxygen atoms in total. The van der Waals surface area contributed by atoms with Gasteiger partial charge in [-0.15, -0.1) is 0 Å². The van der Waals surface area contributed by atoms with Crippen LogP contribution in [-0.4, -0.2) is 24.7 Å². The van der Waals surface area contributed by atoms with Gasteiger partial charge in [-0.1, -0.05) is 0 Å². The zero-order chi connectivity index (χ0) is 17.8. The summed E-state index contributed by atoms with van der Waals surface area (Å²) in [7, 11) is 3.06. The van der Waals surface area contributed by atoms with Crippen molar-refractivity contribution < 1.29 is 14.3 Å². The number of methoxy groups -OCH3 is 2. The molecular formula is C19H19N3O3. The Morgan fingerprint density at radius 2 is 1.60 bits per heavy atom. The molecule has 0 radical (unpaired) electrons. The van der Waals surface area contributed by atoms with Crippen molar-refractivity contribution in [3.8, 4) is 17.2 Å². The molecule has 6 heteroatoms. The van der Waals surface area contributed by atoms with Crippen molar-refractivity contribution >= 4 is 17.3 Å². The lowest BCUT2D eigenvalue weighted by molar-refractivity contribution is 0.102. The molecule has 3 N–H and O–H groups in total. The summed E-state index contributed by atoms with van der Waals surface area (Å²) in [5.74, 6) is 0.752. The molecule has 0 unspecified atom stereocenters. The number of aromatic nitrogens is 1. The van der Waals surface area contributed by atoms with Gasteiger partial charge in [0.15, 0.2) is 11.5 Å². The predicted molar refractivity (Wildman–Crippen MR) is 97.7 cm³/mol. The van der Waals surface area contributed by atoms with Crippen LogP contribution < -0.4 is 20.5 Å². The van der Waals surface area contributed by atoms with Crippen molar-refractivity contribution in [1.29, 1.82) is 0 Å². The maximum absolute atomic E-state index is 12.5. The van der Waals surface area contributed by atoms with Gasteiger partial charge in [0.25, 0.3) is 5.91 Å². The van der Waals surface area contributed by atoms with Gasteiger partial charge in [0.1, 0.15) is 0 Å².